The molecule has 0 saturated heterocycles. The van der Waals surface area contributed by atoms with Crippen molar-refractivity contribution in [3.8, 4) is 0 Å². The van der Waals surface area contributed by atoms with Crippen molar-refractivity contribution in [3.05, 3.63) is 41.0 Å². The molecular weight excluding hydrogens is 238 g/mol. The van der Waals surface area contributed by atoms with Crippen molar-refractivity contribution in [3.63, 3.8) is 0 Å². The first-order chi connectivity index (χ1) is 9.15. The van der Waals surface area contributed by atoms with E-state index in [1.165, 1.54) is 18.1 Å². The number of carbonyl (C=O) groups excluding carboxylic acids is 2. The highest BCUT2D eigenvalue weighted by molar-refractivity contribution is 5.83. The van der Waals surface area contributed by atoms with Gasteiger partial charge in [-0.2, -0.15) is 0 Å². The second-order valence-corrected chi connectivity index (χ2v) is 4.92. The van der Waals surface area contributed by atoms with Gasteiger partial charge in [-0.3, -0.25) is 9.59 Å². The molecule has 1 aromatic rings. The first-order valence-corrected chi connectivity index (χ1v) is 6.69. The SMILES string of the molecule is CC(=O)NCCC=Cc1ccc2c(c1)CCC(=O)C2. The van der Waals surface area contributed by atoms with Crippen molar-refractivity contribution in [2.24, 2.45) is 0 Å². The third kappa shape index (κ3) is 4.05. The van der Waals surface area contributed by atoms with E-state index in [9.17, 15) is 9.59 Å². The van der Waals surface area contributed by atoms with Gasteiger partial charge in [-0.25, -0.2) is 0 Å². The van der Waals surface area contributed by atoms with E-state index < -0.39 is 0 Å². The molecule has 1 aliphatic rings. The molecule has 0 fully saturated rings. The monoisotopic (exact) mass is 257 g/mol. The molecule has 1 aromatic carbocycles. The van der Waals surface area contributed by atoms with Crippen LogP contribution in [0.3, 0.4) is 0 Å². The molecule has 0 atom stereocenters. The van der Waals surface area contributed by atoms with E-state index in [-0.39, 0.29) is 5.91 Å². The quantitative estimate of drug-likeness (QED) is 0.841. The van der Waals surface area contributed by atoms with Crippen LogP contribution in [0.15, 0.2) is 24.3 Å². The van der Waals surface area contributed by atoms with Gasteiger partial charge in [-0.05, 0) is 29.5 Å². The second kappa shape index (κ2) is 6.32. The third-order valence-electron chi connectivity index (χ3n) is 3.29. The van der Waals surface area contributed by atoms with Crippen molar-refractivity contribution in [1.29, 1.82) is 0 Å². The molecule has 0 heterocycles. The van der Waals surface area contributed by atoms with E-state index >= 15 is 0 Å². The van der Waals surface area contributed by atoms with Crippen LogP contribution in [0.1, 0.15) is 36.5 Å². The van der Waals surface area contributed by atoms with Crippen LogP contribution in [-0.4, -0.2) is 18.2 Å². The van der Waals surface area contributed by atoms with Gasteiger partial charge in [0.1, 0.15) is 5.78 Å². The Bertz CT molecular complexity index is 517. The molecule has 1 amide bonds. The molecule has 100 valence electrons. The zero-order chi connectivity index (χ0) is 13.7. The van der Waals surface area contributed by atoms with Crippen molar-refractivity contribution in [2.45, 2.75) is 32.6 Å². The fourth-order valence-electron chi connectivity index (χ4n) is 2.28. The Labute approximate surface area is 113 Å². The van der Waals surface area contributed by atoms with Crippen molar-refractivity contribution < 1.29 is 9.59 Å². The summed E-state index contributed by atoms with van der Waals surface area (Å²) in [5.41, 5.74) is 3.63. The molecule has 3 nitrogen and oxygen atoms in total. The summed E-state index contributed by atoms with van der Waals surface area (Å²) in [4.78, 5) is 22.1. The number of benzene rings is 1. The van der Waals surface area contributed by atoms with Gasteiger partial charge in [0.2, 0.25) is 5.91 Å². The number of carbonyl (C=O) groups is 2. The molecule has 19 heavy (non-hydrogen) atoms. The minimum atomic E-state index is 0.00634. The predicted molar refractivity (Wildman–Crippen MR) is 75.8 cm³/mol. The number of ketones is 1. The smallest absolute Gasteiger partial charge is 0.216 e. The Morgan fingerprint density at radius 3 is 2.95 bits per heavy atom. The van der Waals surface area contributed by atoms with E-state index in [1.807, 2.05) is 6.07 Å². The summed E-state index contributed by atoms with van der Waals surface area (Å²) in [6, 6.07) is 6.27. The molecule has 1 aliphatic carbocycles. The lowest BCUT2D eigenvalue weighted by molar-refractivity contribution is -0.119. The highest BCUT2D eigenvalue weighted by atomic mass is 16.1. The number of rotatable bonds is 4. The fourth-order valence-corrected chi connectivity index (χ4v) is 2.28. The standard InChI is InChI=1S/C16H19NO2/c1-12(18)17-9-3-2-4-13-5-6-15-11-16(19)8-7-14(15)10-13/h2,4-6,10H,3,7-9,11H2,1H3,(H,17,18). The Balaban J connectivity index is 1.93. The van der Waals surface area contributed by atoms with Crippen LogP contribution in [0.5, 0.6) is 0 Å². The number of Topliss-reactive ketones (excluding diaryl/α,β-unsaturated/α-hetero) is 1. The Kier molecular flexibility index (Phi) is 4.50. The Morgan fingerprint density at radius 2 is 2.16 bits per heavy atom. The molecule has 0 bridgehead atoms. The van der Waals surface area contributed by atoms with Crippen molar-refractivity contribution in [2.75, 3.05) is 6.54 Å². The lowest BCUT2D eigenvalue weighted by atomic mass is 9.89. The van der Waals surface area contributed by atoms with Crippen LogP contribution in [0.25, 0.3) is 6.08 Å². The molecule has 0 spiro atoms. The summed E-state index contributed by atoms with van der Waals surface area (Å²) in [5, 5.41) is 2.76. The Morgan fingerprint density at radius 1 is 1.32 bits per heavy atom. The minimum Gasteiger partial charge on any atom is -0.356 e. The zero-order valence-electron chi connectivity index (χ0n) is 11.2. The summed E-state index contributed by atoms with van der Waals surface area (Å²) in [6.45, 7) is 2.19. The molecule has 0 unspecified atom stereocenters. The number of hydrogen-bond donors (Lipinski definition) is 1. The maximum absolute atomic E-state index is 11.4. The third-order valence-corrected chi connectivity index (χ3v) is 3.29. The topological polar surface area (TPSA) is 46.2 Å². The van der Waals surface area contributed by atoms with Crippen LogP contribution < -0.4 is 5.32 Å². The van der Waals surface area contributed by atoms with Crippen LogP contribution >= 0.6 is 0 Å². The number of nitrogens with one attached hydrogen (secondary N) is 1. The average Bonchev–Trinajstić information content (AvgIpc) is 2.38. The molecule has 2 rings (SSSR count). The highest BCUT2D eigenvalue weighted by Gasteiger charge is 2.14. The van der Waals surface area contributed by atoms with Crippen LogP contribution in [0.2, 0.25) is 0 Å². The largest absolute Gasteiger partial charge is 0.356 e. The van der Waals surface area contributed by atoms with Crippen molar-refractivity contribution in [1.82, 2.24) is 5.32 Å². The lowest BCUT2D eigenvalue weighted by Crippen LogP contribution is -2.20. The Hall–Kier alpha value is -1.90. The van der Waals surface area contributed by atoms with E-state index in [0.717, 1.165) is 18.4 Å². The van der Waals surface area contributed by atoms with Gasteiger partial charge in [0.15, 0.2) is 0 Å². The second-order valence-electron chi connectivity index (χ2n) is 4.92. The maximum atomic E-state index is 11.4. The number of amides is 1. The van der Waals surface area contributed by atoms with E-state index in [4.69, 9.17) is 0 Å². The van der Waals surface area contributed by atoms with E-state index in [2.05, 4.69) is 29.6 Å². The molecule has 1 N–H and O–H groups in total. The molecule has 0 saturated carbocycles. The maximum Gasteiger partial charge on any atom is 0.216 e. The highest BCUT2D eigenvalue weighted by Crippen LogP contribution is 2.21. The predicted octanol–water partition coefficient (Wildman–Crippen LogP) is 2.28. The van der Waals surface area contributed by atoms with Gasteiger partial charge < -0.3 is 5.32 Å². The summed E-state index contributed by atoms with van der Waals surface area (Å²) in [6.07, 6.45) is 7.08. The summed E-state index contributed by atoms with van der Waals surface area (Å²) in [5.74, 6) is 0.345. The number of hydrogen-bond acceptors (Lipinski definition) is 2. The number of fused-ring (bicyclic) bond motifs is 1. The van der Waals surface area contributed by atoms with Gasteiger partial charge in [0.25, 0.3) is 0 Å². The lowest BCUT2D eigenvalue weighted by Gasteiger charge is -2.15. The van der Waals surface area contributed by atoms with Crippen LogP contribution in [0, 0.1) is 0 Å². The first-order valence-electron chi connectivity index (χ1n) is 6.69. The van der Waals surface area contributed by atoms with Gasteiger partial charge >= 0.3 is 0 Å². The number of aryl methyl sites for hydroxylation is 1. The molecule has 3 heteroatoms. The van der Waals surface area contributed by atoms with Crippen LogP contribution in [-0.2, 0) is 22.4 Å². The summed E-state index contributed by atoms with van der Waals surface area (Å²) >= 11 is 0. The van der Waals surface area contributed by atoms with Gasteiger partial charge in [-0.1, -0.05) is 30.4 Å². The summed E-state index contributed by atoms with van der Waals surface area (Å²) < 4.78 is 0. The average molecular weight is 257 g/mol. The minimum absolute atomic E-state index is 0.00634. The normalized spacial score (nSPS) is 14.5. The van der Waals surface area contributed by atoms with Gasteiger partial charge in [-0.15, -0.1) is 0 Å². The van der Waals surface area contributed by atoms with Gasteiger partial charge in [0, 0.05) is 26.3 Å². The zero-order valence-corrected chi connectivity index (χ0v) is 11.2. The van der Waals surface area contributed by atoms with Gasteiger partial charge in [0.05, 0.1) is 0 Å². The molecule has 0 radical (unpaired) electrons. The van der Waals surface area contributed by atoms with Crippen LogP contribution in [0.4, 0.5) is 0 Å². The van der Waals surface area contributed by atoms with Crippen molar-refractivity contribution >= 4 is 17.8 Å². The molecule has 0 aliphatic heterocycles. The fraction of sp³-hybridized carbons (Fsp3) is 0.375. The van der Waals surface area contributed by atoms with E-state index in [1.54, 1.807) is 0 Å². The molecular formula is C16H19NO2. The summed E-state index contributed by atoms with van der Waals surface area (Å²) in [7, 11) is 0. The first kappa shape index (κ1) is 13.5. The molecule has 0 aromatic heterocycles. The van der Waals surface area contributed by atoms with E-state index in [0.29, 0.717) is 25.2 Å².